The number of hydrogen-bond donors (Lipinski definition) is 2. The van der Waals surface area contributed by atoms with Crippen LogP contribution in [0.2, 0.25) is 0 Å². The highest BCUT2D eigenvalue weighted by atomic mass is 32.1. The number of hydrogen-bond acceptors (Lipinski definition) is 6. The molecule has 0 aromatic carbocycles. The van der Waals surface area contributed by atoms with Gasteiger partial charge >= 0.3 is 0 Å². The number of hydrazine groups is 1. The van der Waals surface area contributed by atoms with E-state index in [9.17, 15) is 0 Å². The van der Waals surface area contributed by atoms with Crippen molar-refractivity contribution in [3.8, 4) is 0 Å². The molecule has 0 saturated carbocycles. The van der Waals surface area contributed by atoms with Gasteiger partial charge in [0, 0.05) is 12.7 Å². The van der Waals surface area contributed by atoms with Crippen LogP contribution in [-0.4, -0.2) is 19.4 Å². The number of aryl methyl sites for hydroxylation is 1. The van der Waals surface area contributed by atoms with Crippen molar-refractivity contribution in [1.29, 1.82) is 0 Å². The molecule has 3 N–H and O–H groups in total. The molecule has 0 radical (unpaired) electrons. The van der Waals surface area contributed by atoms with Crippen molar-refractivity contribution >= 4 is 11.5 Å². The van der Waals surface area contributed by atoms with Gasteiger partial charge in [0.15, 0.2) is 0 Å². The molecule has 0 amide bonds. The highest BCUT2D eigenvalue weighted by molar-refractivity contribution is 7.05. The van der Waals surface area contributed by atoms with E-state index in [0.29, 0.717) is 0 Å². The smallest absolute Gasteiger partial charge is 0.100 e. The molecule has 6 nitrogen and oxygen atoms in total. The van der Waals surface area contributed by atoms with Crippen LogP contribution in [-0.2, 0) is 6.54 Å². The fourth-order valence-electron chi connectivity index (χ4n) is 1.60. The maximum atomic E-state index is 5.58. The van der Waals surface area contributed by atoms with Gasteiger partial charge in [-0.3, -0.25) is 10.5 Å². The molecule has 2 aromatic rings. The molecule has 2 aromatic heterocycles. The molecule has 1 unspecified atom stereocenters. The molecule has 0 bridgehead atoms. The first-order valence-electron chi connectivity index (χ1n) is 5.12. The quantitative estimate of drug-likeness (QED) is 0.592. The Bertz CT molecular complexity index is 423. The zero-order valence-electron chi connectivity index (χ0n) is 9.00. The number of aromatic nitrogens is 4. The molecule has 0 aliphatic rings. The summed E-state index contributed by atoms with van der Waals surface area (Å²) in [5.41, 5.74) is 3.81. The Morgan fingerprint density at radius 2 is 2.50 bits per heavy atom. The standard InChI is InChI=1S/C9H14N6S/c1-2-5-15-7(3-4-12-15)9(13-10)8-6-11-14-16-8/h3-4,6,9,13H,2,5,10H2,1H3. The molecule has 0 aliphatic heterocycles. The lowest BCUT2D eigenvalue weighted by molar-refractivity contribution is 0.524. The third-order valence-corrected chi connectivity index (χ3v) is 3.04. The highest BCUT2D eigenvalue weighted by Gasteiger charge is 2.18. The van der Waals surface area contributed by atoms with Crippen molar-refractivity contribution in [3.05, 3.63) is 29.0 Å². The summed E-state index contributed by atoms with van der Waals surface area (Å²) in [7, 11) is 0. The van der Waals surface area contributed by atoms with Gasteiger partial charge in [0.2, 0.25) is 0 Å². The zero-order valence-corrected chi connectivity index (χ0v) is 9.81. The van der Waals surface area contributed by atoms with Gasteiger partial charge in [0.1, 0.15) is 6.04 Å². The Morgan fingerprint density at radius 3 is 3.12 bits per heavy atom. The molecule has 2 rings (SSSR count). The largest absolute Gasteiger partial charge is 0.270 e. The second-order valence-corrected chi connectivity index (χ2v) is 4.22. The summed E-state index contributed by atoms with van der Waals surface area (Å²) < 4.78 is 5.79. The van der Waals surface area contributed by atoms with Gasteiger partial charge in [0.05, 0.1) is 16.8 Å². The molecule has 0 saturated heterocycles. The number of rotatable bonds is 5. The Balaban J connectivity index is 2.30. The molecule has 7 heteroatoms. The average molecular weight is 238 g/mol. The average Bonchev–Trinajstić information content (AvgIpc) is 2.92. The van der Waals surface area contributed by atoms with E-state index in [2.05, 4.69) is 27.0 Å². The van der Waals surface area contributed by atoms with Gasteiger partial charge < -0.3 is 0 Å². The zero-order chi connectivity index (χ0) is 11.4. The van der Waals surface area contributed by atoms with Crippen LogP contribution in [0.15, 0.2) is 18.5 Å². The van der Waals surface area contributed by atoms with Crippen molar-refractivity contribution in [1.82, 2.24) is 24.8 Å². The Labute approximate surface area is 97.6 Å². The van der Waals surface area contributed by atoms with E-state index < -0.39 is 0 Å². The van der Waals surface area contributed by atoms with E-state index in [4.69, 9.17) is 5.84 Å². The second-order valence-electron chi connectivity index (χ2n) is 3.40. The molecule has 1 atom stereocenters. The van der Waals surface area contributed by atoms with Crippen LogP contribution in [0.3, 0.4) is 0 Å². The topological polar surface area (TPSA) is 81.7 Å². The predicted molar refractivity (Wildman–Crippen MR) is 61.6 cm³/mol. The van der Waals surface area contributed by atoms with Crippen LogP contribution in [0.5, 0.6) is 0 Å². The minimum absolute atomic E-state index is 0.0888. The number of nitrogens with zero attached hydrogens (tertiary/aromatic N) is 4. The fourth-order valence-corrected chi connectivity index (χ4v) is 2.18. The van der Waals surface area contributed by atoms with Gasteiger partial charge in [-0.25, -0.2) is 5.43 Å². The summed E-state index contributed by atoms with van der Waals surface area (Å²) in [6.45, 7) is 3.00. The summed E-state index contributed by atoms with van der Waals surface area (Å²) in [4.78, 5) is 0.986. The van der Waals surface area contributed by atoms with Crippen LogP contribution in [0.25, 0.3) is 0 Å². The first-order chi connectivity index (χ1) is 7.86. The number of nitrogens with one attached hydrogen (secondary N) is 1. The number of nitrogens with two attached hydrogens (primary N) is 1. The van der Waals surface area contributed by atoms with Crippen LogP contribution >= 0.6 is 11.5 Å². The summed E-state index contributed by atoms with van der Waals surface area (Å²) in [6, 6.07) is 1.87. The maximum absolute atomic E-state index is 5.58. The first-order valence-corrected chi connectivity index (χ1v) is 5.89. The molecule has 16 heavy (non-hydrogen) atoms. The van der Waals surface area contributed by atoms with Crippen molar-refractivity contribution in [2.75, 3.05) is 0 Å². The molecule has 0 spiro atoms. The van der Waals surface area contributed by atoms with E-state index in [0.717, 1.165) is 23.5 Å². The van der Waals surface area contributed by atoms with E-state index >= 15 is 0 Å². The SMILES string of the molecule is CCCn1nccc1C(NN)c1cnns1. The summed E-state index contributed by atoms with van der Waals surface area (Å²) in [5, 5.41) is 8.09. The maximum Gasteiger partial charge on any atom is 0.100 e. The summed E-state index contributed by atoms with van der Waals surface area (Å²) in [5.74, 6) is 5.58. The molecule has 0 fully saturated rings. The molecule has 86 valence electrons. The van der Waals surface area contributed by atoms with E-state index in [1.807, 2.05) is 10.7 Å². The lowest BCUT2D eigenvalue weighted by Gasteiger charge is -2.15. The minimum atomic E-state index is -0.0888. The second kappa shape index (κ2) is 5.15. The highest BCUT2D eigenvalue weighted by Crippen LogP contribution is 2.22. The normalized spacial score (nSPS) is 12.9. The van der Waals surface area contributed by atoms with Gasteiger partial charge in [-0.15, -0.1) is 5.10 Å². The van der Waals surface area contributed by atoms with E-state index in [-0.39, 0.29) is 6.04 Å². The van der Waals surface area contributed by atoms with Crippen molar-refractivity contribution in [3.63, 3.8) is 0 Å². The van der Waals surface area contributed by atoms with Gasteiger partial charge in [-0.1, -0.05) is 11.4 Å². The van der Waals surface area contributed by atoms with E-state index in [1.54, 1.807) is 12.4 Å². The lowest BCUT2D eigenvalue weighted by atomic mass is 10.2. The van der Waals surface area contributed by atoms with Crippen molar-refractivity contribution < 1.29 is 0 Å². The van der Waals surface area contributed by atoms with Crippen LogP contribution in [0, 0.1) is 0 Å². The Morgan fingerprint density at radius 1 is 1.62 bits per heavy atom. The molecule has 2 heterocycles. The fraction of sp³-hybridized carbons (Fsp3) is 0.444. The van der Waals surface area contributed by atoms with Crippen LogP contribution in [0.1, 0.15) is 30.0 Å². The Hall–Kier alpha value is -1.31. The summed E-state index contributed by atoms with van der Waals surface area (Å²) >= 11 is 1.34. The van der Waals surface area contributed by atoms with Crippen molar-refractivity contribution in [2.45, 2.75) is 25.9 Å². The third kappa shape index (κ3) is 2.11. The van der Waals surface area contributed by atoms with Gasteiger partial charge in [0.25, 0.3) is 0 Å². The first kappa shape index (κ1) is 11.2. The van der Waals surface area contributed by atoms with E-state index in [1.165, 1.54) is 11.5 Å². The van der Waals surface area contributed by atoms with Gasteiger partial charge in [-0.05, 0) is 24.0 Å². The lowest BCUT2D eigenvalue weighted by Crippen LogP contribution is -2.30. The molecular formula is C9H14N6S. The van der Waals surface area contributed by atoms with Crippen LogP contribution in [0.4, 0.5) is 0 Å². The molecule has 0 aliphatic carbocycles. The monoisotopic (exact) mass is 238 g/mol. The van der Waals surface area contributed by atoms with Gasteiger partial charge in [-0.2, -0.15) is 5.10 Å². The van der Waals surface area contributed by atoms with Crippen LogP contribution < -0.4 is 11.3 Å². The summed E-state index contributed by atoms with van der Waals surface area (Å²) in [6.07, 6.45) is 4.54. The third-order valence-electron chi connectivity index (χ3n) is 2.31. The molecular weight excluding hydrogens is 224 g/mol. The Kier molecular flexibility index (Phi) is 3.60. The predicted octanol–water partition coefficient (Wildman–Crippen LogP) is 0.697. The minimum Gasteiger partial charge on any atom is -0.270 e. The van der Waals surface area contributed by atoms with Crippen molar-refractivity contribution in [2.24, 2.45) is 5.84 Å².